The van der Waals surface area contributed by atoms with Gasteiger partial charge in [-0.25, -0.2) is 0 Å². The van der Waals surface area contributed by atoms with Crippen molar-refractivity contribution in [2.75, 3.05) is 5.43 Å². The first kappa shape index (κ1) is 16.0. The van der Waals surface area contributed by atoms with E-state index in [2.05, 4.69) is 10.5 Å². The van der Waals surface area contributed by atoms with Crippen LogP contribution >= 0.6 is 0 Å². The lowest BCUT2D eigenvalue weighted by Crippen LogP contribution is -2.36. The molecule has 1 N–H and O–H groups in total. The summed E-state index contributed by atoms with van der Waals surface area (Å²) in [4.78, 5) is 20.3. The highest BCUT2D eigenvalue weighted by atomic mass is 16.6. The SMILES string of the molecule is CC(C[n+]1ccccc1)=NNc1ccc([N+](=O)[O-])cc1[N+](=O)[O-]. The van der Waals surface area contributed by atoms with E-state index in [9.17, 15) is 20.2 Å². The molecule has 0 aliphatic rings. The normalized spacial score (nSPS) is 11.1. The van der Waals surface area contributed by atoms with Gasteiger partial charge in [-0.15, -0.1) is 0 Å². The number of nitro groups is 2. The monoisotopic (exact) mass is 316 g/mol. The van der Waals surface area contributed by atoms with Crippen LogP contribution in [0.15, 0.2) is 53.9 Å². The number of hydrogen-bond acceptors (Lipinski definition) is 6. The molecule has 0 atom stereocenters. The van der Waals surface area contributed by atoms with Gasteiger partial charge in [0.05, 0.1) is 21.6 Å². The van der Waals surface area contributed by atoms with E-state index >= 15 is 0 Å². The number of aromatic nitrogens is 1. The van der Waals surface area contributed by atoms with E-state index in [4.69, 9.17) is 0 Å². The zero-order chi connectivity index (χ0) is 16.8. The number of nitrogens with zero attached hydrogens (tertiary/aromatic N) is 4. The Bertz CT molecular complexity index is 761. The summed E-state index contributed by atoms with van der Waals surface area (Å²) in [7, 11) is 0. The summed E-state index contributed by atoms with van der Waals surface area (Å²) in [5, 5.41) is 25.8. The fourth-order valence-electron chi connectivity index (χ4n) is 1.87. The fraction of sp³-hybridized carbons (Fsp3) is 0.143. The molecule has 0 unspecified atom stereocenters. The number of nitrogens with one attached hydrogen (secondary N) is 1. The van der Waals surface area contributed by atoms with Gasteiger partial charge >= 0.3 is 5.69 Å². The zero-order valence-corrected chi connectivity index (χ0v) is 12.2. The number of hydrogen-bond donors (Lipinski definition) is 1. The Morgan fingerprint density at radius 3 is 2.48 bits per heavy atom. The van der Waals surface area contributed by atoms with Crippen LogP contribution < -0.4 is 9.99 Å². The van der Waals surface area contributed by atoms with Gasteiger partial charge in [0.1, 0.15) is 5.69 Å². The molecule has 0 bridgehead atoms. The molecule has 1 aromatic carbocycles. The molecule has 9 nitrogen and oxygen atoms in total. The number of hydrazone groups is 1. The van der Waals surface area contributed by atoms with Gasteiger partial charge in [-0.1, -0.05) is 6.07 Å². The minimum Gasteiger partial charge on any atom is -0.272 e. The molecule has 23 heavy (non-hydrogen) atoms. The number of benzene rings is 1. The van der Waals surface area contributed by atoms with Crippen LogP contribution in [0.3, 0.4) is 0 Å². The third kappa shape index (κ3) is 4.30. The maximum Gasteiger partial charge on any atom is 0.301 e. The second-order valence-electron chi connectivity index (χ2n) is 4.72. The van der Waals surface area contributed by atoms with E-state index in [1.165, 1.54) is 12.1 Å². The van der Waals surface area contributed by atoms with Gasteiger partial charge in [0.15, 0.2) is 18.9 Å². The van der Waals surface area contributed by atoms with Crippen molar-refractivity contribution in [1.29, 1.82) is 0 Å². The maximum atomic E-state index is 11.0. The van der Waals surface area contributed by atoms with E-state index < -0.39 is 15.5 Å². The van der Waals surface area contributed by atoms with Crippen LogP contribution in [0.25, 0.3) is 0 Å². The topological polar surface area (TPSA) is 115 Å². The Labute approximate surface area is 131 Å². The molecule has 0 saturated carbocycles. The second kappa shape index (κ2) is 7.07. The summed E-state index contributed by atoms with van der Waals surface area (Å²) in [5.41, 5.74) is 2.63. The van der Waals surface area contributed by atoms with Crippen LogP contribution in [-0.2, 0) is 6.54 Å². The minimum absolute atomic E-state index is 0.0954. The van der Waals surface area contributed by atoms with Gasteiger partial charge in [-0.2, -0.15) is 9.67 Å². The predicted molar refractivity (Wildman–Crippen MR) is 83.1 cm³/mol. The fourth-order valence-corrected chi connectivity index (χ4v) is 1.87. The summed E-state index contributed by atoms with van der Waals surface area (Å²) in [6, 6.07) is 9.00. The smallest absolute Gasteiger partial charge is 0.272 e. The van der Waals surface area contributed by atoms with E-state index in [0.717, 1.165) is 6.07 Å². The minimum atomic E-state index is -0.688. The molecular weight excluding hydrogens is 302 g/mol. The quantitative estimate of drug-likeness (QED) is 0.380. The molecule has 0 radical (unpaired) electrons. The molecule has 9 heteroatoms. The summed E-state index contributed by atoms with van der Waals surface area (Å²) in [5.74, 6) is 0. The standard InChI is InChI=1S/C14H14N5O4/c1-11(10-17-7-3-2-4-8-17)15-16-13-6-5-12(18(20)21)9-14(13)19(22)23/h2-9,16H,10H2,1H3/q+1. The Hall–Kier alpha value is -3.36. The van der Waals surface area contributed by atoms with Gasteiger partial charge in [-0.05, 0) is 13.0 Å². The third-order valence-corrected chi connectivity index (χ3v) is 2.94. The van der Waals surface area contributed by atoms with Crippen molar-refractivity contribution in [3.05, 3.63) is 69.0 Å². The van der Waals surface area contributed by atoms with Crippen LogP contribution in [0.4, 0.5) is 17.1 Å². The average molecular weight is 316 g/mol. The van der Waals surface area contributed by atoms with Crippen LogP contribution in [0.2, 0.25) is 0 Å². The first-order valence-electron chi connectivity index (χ1n) is 6.63. The summed E-state index contributed by atoms with van der Waals surface area (Å²) >= 11 is 0. The lowest BCUT2D eigenvalue weighted by molar-refractivity contribution is -0.682. The first-order valence-corrected chi connectivity index (χ1v) is 6.63. The highest BCUT2D eigenvalue weighted by Crippen LogP contribution is 2.28. The van der Waals surface area contributed by atoms with Crippen molar-refractivity contribution >= 4 is 22.8 Å². The van der Waals surface area contributed by atoms with Crippen LogP contribution in [0.1, 0.15) is 6.92 Å². The number of pyridine rings is 1. The number of rotatable bonds is 6. The van der Waals surface area contributed by atoms with Gasteiger partial charge in [-0.3, -0.25) is 25.7 Å². The second-order valence-corrected chi connectivity index (χ2v) is 4.72. The Morgan fingerprint density at radius 2 is 1.87 bits per heavy atom. The zero-order valence-electron chi connectivity index (χ0n) is 12.2. The van der Waals surface area contributed by atoms with Gasteiger partial charge in [0, 0.05) is 18.2 Å². The first-order chi connectivity index (χ1) is 11.0. The average Bonchev–Trinajstić information content (AvgIpc) is 2.53. The third-order valence-electron chi connectivity index (χ3n) is 2.94. The lowest BCUT2D eigenvalue weighted by atomic mass is 10.2. The highest BCUT2D eigenvalue weighted by molar-refractivity contribution is 5.81. The van der Waals surface area contributed by atoms with E-state index in [1.54, 1.807) is 6.92 Å². The van der Waals surface area contributed by atoms with Crippen molar-refractivity contribution in [2.45, 2.75) is 13.5 Å². The highest BCUT2D eigenvalue weighted by Gasteiger charge is 2.19. The Kier molecular flexibility index (Phi) is 4.92. The number of anilines is 1. The predicted octanol–water partition coefficient (Wildman–Crippen LogP) is 2.28. The van der Waals surface area contributed by atoms with Crippen molar-refractivity contribution in [2.24, 2.45) is 5.10 Å². The molecule has 0 aliphatic heterocycles. The molecule has 2 aromatic rings. The summed E-state index contributed by atoms with van der Waals surface area (Å²) < 4.78 is 1.89. The molecular formula is C14H14N5O4+. The number of nitro benzene ring substituents is 2. The van der Waals surface area contributed by atoms with Crippen molar-refractivity contribution in [1.82, 2.24) is 0 Å². The lowest BCUT2D eigenvalue weighted by Gasteiger charge is -2.03. The molecule has 0 amide bonds. The molecule has 1 aromatic heterocycles. The van der Waals surface area contributed by atoms with Crippen LogP contribution in [0.5, 0.6) is 0 Å². The van der Waals surface area contributed by atoms with Crippen molar-refractivity contribution in [3.8, 4) is 0 Å². The van der Waals surface area contributed by atoms with Crippen molar-refractivity contribution < 1.29 is 14.4 Å². The molecule has 1 heterocycles. The van der Waals surface area contributed by atoms with Gasteiger partial charge in [0.25, 0.3) is 5.69 Å². The molecule has 2 rings (SSSR count). The van der Waals surface area contributed by atoms with Crippen LogP contribution in [0, 0.1) is 20.2 Å². The Balaban J connectivity index is 2.17. The molecule has 0 fully saturated rings. The van der Waals surface area contributed by atoms with Gasteiger partial charge < -0.3 is 0 Å². The Morgan fingerprint density at radius 1 is 1.17 bits per heavy atom. The summed E-state index contributed by atoms with van der Waals surface area (Å²) in [6.45, 7) is 2.28. The molecule has 0 aliphatic carbocycles. The molecule has 0 spiro atoms. The number of non-ortho nitro benzene ring substituents is 1. The van der Waals surface area contributed by atoms with Gasteiger partial charge in [0.2, 0.25) is 0 Å². The van der Waals surface area contributed by atoms with Crippen LogP contribution in [-0.4, -0.2) is 15.6 Å². The summed E-state index contributed by atoms with van der Waals surface area (Å²) in [6.07, 6.45) is 3.74. The van der Waals surface area contributed by atoms with E-state index in [-0.39, 0.29) is 11.4 Å². The maximum absolute atomic E-state index is 11.0. The molecule has 0 saturated heterocycles. The van der Waals surface area contributed by atoms with E-state index in [1.807, 2.05) is 35.2 Å². The van der Waals surface area contributed by atoms with E-state index in [0.29, 0.717) is 12.3 Å². The van der Waals surface area contributed by atoms with Crippen molar-refractivity contribution in [3.63, 3.8) is 0 Å². The largest absolute Gasteiger partial charge is 0.301 e. The molecule has 118 valence electrons.